The average molecular weight is 501 g/mol. The van der Waals surface area contributed by atoms with Crippen molar-refractivity contribution in [3.8, 4) is 5.75 Å². The molecule has 0 heterocycles. The fourth-order valence-electron chi connectivity index (χ4n) is 2.30. The van der Waals surface area contributed by atoms with E-state index in [4.69, 9.17) is 18.9 Å². The Labute approximate surface area is 193 Å². The minimum Gasteiger partial charge on any atom is -0.420 e. The van der Waals surface area contributed by atoms with Crippen molar-refractivity contribution in [2.24, 2.45) is 0 Å². The molecular formula is C21H28F5NO7. The summed E-state index contributed by atoms with van der Waals surface area (Å²) in [6, 6.07) is 0. The van der Waals surface area contributed by atoms with Crippen LogP contribution in [-0.4, -0.2) is 71.3 Å². The maximum absolute atomic E-state index is 13.5. The van der Waals surface area contributed by atoms with Gasteiger partial charge in [-0.2, -0.15) is 8.78 Å². The van der Waals surface area contributed by atoms with E-state index in [0.29, 0.717) is 33.0 Å². The maximum atomic E-state index is 13.5. The smallest absolute Gasteiger partial charge is 0.313 e. The molecule has 1 rings (SSSR count). The van der Waals surface area contributed by atoms with E-state index in [2.05, 4.69) is 10.1 Å². The average Bonchev–Trinajstić information content (AvgIpc) is 2.82. The van der Waals surface area contributed by atoms with E-state index in [1.807, 2.05) is 6.92 Å². The van der Waals surface area contributed by atoms with E-state index >= 15 is 0 Å². The zero-order valence-electron chi connectivity index (χ0n) is 18.7. The van der Waals surface area contributed by atoms with Crippen molar-refractivity contribution >= 4 is 11.9 Å². The summed E-state index contributed by atoms with van der Waals surface area (Å²) >= 11 is 0. The number of ether oxygens (including phenoxy) is 5. The van der Waals surface area contributed by atoms with Crippen molar-refractivity contribution in [2.45, 2.75) is 26.2 Å². The predicted octanol–water partition coefficient (Wildman–Crippen LogP) is 2.66. The van der Waals surface area contributed by atoms with Gasteiger partial charge in [-0.05, 0) is 6.42 Å². The highest BCUT2D eigenvalue weighted by molar-refractivity contribution is 5.75. The first-order chi connectivity index (χ1) is 16.3. The molecule has 1 N–H and O–H groups in total. The van der Waals surface area contributed by atoms with E-state index in [9.17, 15) is 31.5 Å². The molecule has 0 aromatic heterocycles. The Morgan fingerprint density at radius 1 is 0.647 bits per heavy atom. The third kappa shape index (κ3) is 11.2. The number of halogens is 5. The maximum Gasteiger partial charge on any atom is 0.313 e. The highest BCUT2D eigenvalue weighted by Crippen LogP contribution is 2.29. The monoisotopic (exact) mass is 501 g/mol. The van der Waals surface area contributed by atoms with Crippen LogP contribution in [0, 0.1) is 29.1 Å². The van der Waals surface area contributed by atoms with Crippen molar-refractivity contribution in [1.29, 1.82) is 0 Å². The molecule has 13 heteroatoms. The van der Waals surface area contributed by atoms with Gasteiger partial charge in [-0.1, -0.05) is 6.92 Å². The fraction of sp³-hybridized carbons (Fsp3) is 0.619. The first kappa shape index (κ1) is 29.7. The number of amides is 1. The van der Waals surface area contributed by atoms with Crippen LogP contribution < -0.4 is 10.1 Å². The topological polar surface area (TPSA) is 92.3 Å². The van der Waals surface area contributed by atoms with Gasteiger partial charge < -0.3 is 29.0 Å². The SMILES string of the molecule is CCCOCCOCCNC(=O)CCOCCOCCC(=O)Oc1c(F)c(F)c(F)c(F)c1F. The van der Waals surface area contributed by atoms with Crippen molar-refractivity contribution in [1.82, 2.24) is 5.32 Å². The molecule has 0 saturated carbocycles. The van der Waals surface area contributed by atoms with Crippen LogP contribution in [0.1, 0.15) is 26.2 Å². The lowest BCUT2D eigenvalue weighted by Gasteiger charge is -2.09. The lowest BCUT2D eigenvalue weighted by atomic mass is 10.2. The molecule has 194 valence electrons. The highest BCUT2D eigenvalue weighted by atomic mass is 19.2. The lowest BCUT2D eigenvalue weighted by Crippen LogP contribution is -2.28. The number of carbonyl (C=O) groups excluding carboxylic acids is 2. The minimum atomic E-state index is -2.35. The molecule has 0 unspecified atom stereocenters. The van der Waals surface area contributed by atoms with Gasteiger partial charge >= 0.3 is 5.97 Å². The van der Waals surface area contributed by atoms with E-state index < -0.39 is 47.2 Å². The Morgan fingerprint density at radius 2 is 1.12 bits per heavy atom. The summed E-state index contributed by atoms with van der Waals surface area (Å²) < 4.78 is 91.0. The van der Waals surface area contributed by atoms with E-state index in [1.165, 1.54) is 0 Å². The van der Waals surface area contributed by atoms with Gasteiger partial charge in [0.1, 0.15) is 0 Å². The van der Waals surface area contributed by atoms with Gasteiger partial charge in [-0.15, -0.1) is 0 Å². The molecule has 0 aliphatic carbocycles. The molecule has 0 spiro atoms. The molecule has 34 heavy (non-hydrogen) atoms. The largest absolute Gasteiger partial charge is 0.420 e. The zero-order chi connectivity index (χ0) is 25.3. The van der Waals surface area contributed by atoms with Crippen LogP contribution in [0.25, 0.3) is 0 Å². The van der Waals surface area contributed by atoms with Crippen molar-refractivity contribution in [2.75, 3.05) is 59.4 Å². The van der Waals surface area contributed by atoms with Crippen LogP contribution in [-0.2, 0) is 28.5 Å². The summed E-state index contributed by atoms with van der Waals surface area (Å²) in [4.78, 5) is 23.2. The first-order valence-corrected chi connectivity index (χ1v) is 10.6. The number of esters is 1. The minimum absolute atomic E-state index is 0.0331. The number of hydrogen-bond acceptors (Lipinski definition) is 7. The van der Waals surface area contributed by atoms with Crippen LogP contribution >= 0.6 is 0 Å². The van der Waals surface area contributed by atoms with Crippen LogP contribution in [0.4, 0.5) is 22.0 Å². The van der Waals surface area contributed by atoms with Gasteiger partial charge in [0.15, 0.2) is 0 Å². The Kier molecular flexibility index (Phi) is 15.0. The summed E-state index contributed by atoms with van der Waals surface area (Å²) in [5.74, 6) is -14.4. The van der Waals surface area contributed by atoms with Gasteiger partial charge in [0.05, 0.1) is 52.7 Å². The molecule has 0 fully saturated rings. The Bertz CT molecular complexity index is 753. The molecule has 0 radical (unpaired) electrons. The fourth-order valence-corrected chi connectivity index (χ4v) is 2.30. The Balaban J connectivity index is 2.05. The Hall–Kier alpha value is -2.35. The molecule has 0 bridgehead atoms. The van der Waals surface area contributed by atoms with Gasteiger partial charge in [0.25, 0.3) is 0 Å². The molecule has 0 saturated heterocycles. The van der Waals surface area contributed by atoms with Crippen molar-refractivity contribution in [3.63, 3.8) is 0 Å². The van der Waals surface area contributed by atoms with Gasteiger partial charge in [-0.25, -0.2) is 13.2 Å². The summed E-state index contributed by atoms with van der Waals surface area (Å²) in [6.45, 7) is 4.38. The summed E-state index contributed by atoms with van der Waals surface area (Å²) in [7, 11) is 0. The molecule has 0 atom stereocenters. The van der Waals surface area contributed by atoms with E-state index in [0.717, 1.165) is 6.42 Å². The third-order valence-corrected chi connectivity index (χ3v) is 3.97. The van der Waals surface area contributed by atoms with E-state index in [1.54, 1.807) is 0 Å². The number of carbonyl (C=O) groups is 2. The third-order valence-electron chi connectivity index (χ3n) is 3.97. The number of benzene rings is 1. The Morgan fingerprint density at radius 3 is 1.68 bits per heavy atom. The normalized spacial score (nSPS) is 11.0. The van der Waals surface area contributed by atoms with Gasteiger partial charge in [-0.3, -0.25) is 9.59 Å². The van der Waals surface area contributed by atoms with Crippen LogP contribution in [0.2, 0.25) is 0 Å². The predicted molar refractivity (Wildman–Crippen MR) is 108 cm³/mol. The van der Waals surface area contributed by atoms with Crippen molar-refractivity contribution < 1.29 is 55.2 Å². The second-order valence-electron chi connectivity index (χ2n) is 6.67. The number of nitrogens with one attached hydrogen (secondary N) is 1. The molecular weight excluding hydrogens is 473 g/mol. The van der Waals surface area contributed by atoms with Gasteiger partial charge in [0.2, 0.25) is 40.7 Å². The zero-order valence-corrected chi connectivity index (χ0v) is 18.7. The standard InChI is InChI=1S/C21H28F5NO7/c1-2-6-30-10-13-33-9-5-27-14(28)3-7-31-11-12-32-8-4-15(29)34-21-19(25)17(23)16(22)18(24)20(21)26/h2-13H2,1H3,(H,27,28). The second kappa shape index (κ2) is 17.1. The molecule has 0 aliphatic rings. The first-order valence-electron chi connectivity index (χ1n) is 10.6. The van der Waals surface area contributed by atoms with Gasteiger partial charge in [0, 0.05) is 19.6 Å². The molecule has 1 amide bonds. The quantitative estimate of drug-likeness (QED) is 0.0826. The molecule has 0 aliphatic heterocycles. The van der Waals surface area contributed by atoms with E-state index in [-0.39, 0.29) is 38.8 Å². The number of rotatable bonds is 18. The van der Waals surface area contributed by atoms with Crippen LogP contribution in [0.3, 0.4) is 0 Å². The van der Waals surface area contributed by atoms with Crippen LogP contribution in [0.5, 0.6) is 5.75 Å². The lowest BCUT2D eigenvalue weighted by molar-refractivity contribution is -0.136. The van der Waals surface area contributed by atoms with Crippen molar-refractivity contribution in [3.05, 3.63) is 29.1 Å². The number of hydrogen-bond donors (Lipinski definition) is 1. The van der Waals surface area contributed by atoms with Crippen LogP contribution in [0.15, 0.2) is 0 Å². The summed E-state index contributed by atoms with van der Waals surface area (Å²) in [5, 5.41) is 2.66. The second-order valence-corrected chi connectivity index (χ2v) is 6.67. The summed E-state index contributed by atoms with van der Waals surface area (Å²) in [6.07, 6.45) is 0.553. The molecule has 1 aromatic rings. The molecule has 1 aromatic carbocycles. The summed E-state index contributed by atoms with van der Waals surface area (Å²) in [5.41, 5.74) is 0. The molecule has 8 nitrogen and oxygen atoms in total. The highest BCUT2D eigenvalue weighted by Gasteiger charge is 2.28.